The van der Waals surface area contributed by atoms with Gasteiger partial charge in [-0.1, -0.05) is 39.3 Å². The summed E-state index contributed by atoms with van der Waals surface area (Å²) >= 11 is 6.30. The number of aromatic nitrogens is 2. The monoisotopic (exact) mass is 285 g/mol. The van der Waals surface area contributed by atoms with Gasteiger partial charge in [0.05, 0.1) is 5.69 Å². The molecule has 0 saturated heterocycles. The lowest BCUT2D eigenvalue weighted by atomic mass is 9.83. The van der Waals surface area contributed by atoms with Gasteiger partial charge in [-0.3, -0.25) is 4.68 Å². The minimum atomic E-state index is 0.262. The maximum Gasteiger partial charge on any atom is 0.130 e. The second-order valence-corrected chi connectivity index (χ2v) is 6.75. The average Bonchev–Trinajstić information content (AvgIpc) is 2.53. The van der Waals surface area contributed by atoms with E-state index in [1.165, 1.54) is 12.0 Å². The van der Waals surface area contributed by atoms with Crippen LogP contribution in [0.3, 0.4) is 0 Å². The molecule has 0 aliphatic rings. The fourth-order valence-corrected chi connectivity index (χ4v) is 2.68. The number of hydrogen-bond donors (Lipinski definition) is 1. The standard InChI is InChI=1S/C15H28ClN3/c1-7-10-17-13(15(3,4)5)9-8-12-11(2)18-19(6)14(12)16/h13,17H,7-10H2,1-6H3. The lowest BCUT2D eigenvalue weighted by Gasteiger charge is -2.32. The van der Waals surface area contributed by atoms with Gasteiger partial charge in [0.15, 0.2) is 0 Å². The van der Waals surface area contributed by atoms with Crippen LogP contribution in [0.1, 0.15) is 51.8 Å². The fourth-order valence-electron chi connectivity index (χ4n) is 2.41. The van der Waals surface area contributed by atoms with E-state index in [1.807, 2.05) is 14.0 Å². The van der Waals surface area contributed by atoms with Crippen molar-refractivity contribution in [3.05, 3.63) is 16.4 Å². The molecule has 0 bridgehead atoms. The number of aryl methyl sites for hydroxylation is 2. The lowest BCUT2D eigenvalue weighted by Crippen LogP contribution is -2.41. The third-order valence-electron chi connectivity index (χ3n) is 3.64. The summed E-state index contributed by atoms with van der Waals surface area (Å²) in [5, 5.41) is 8.81. The van der Waals surface area contributed by atoms with E-state index in [0.717, 1.165) is 30.2 Å². The van der Waals surface area contributed by atoms with Crippen LogP contribution in [0.15, 0.2) is 0 Å². The van der Waals surface area contributed by atoms with Gasteiger partial charge in [-0.25, -0.2) is 0 Å². The topological polar surface area (TPSA) is 29.9 Å². The number of rotatable bonds is 6. The van der Waals surface area contributed by atoms with E-state index in [9.17, 15) is 0 Å². The highest BCUT2D eigenvalue weighted by Crippen LogP contribution is 2.26. The SMILES string of the molecule is CCCNC(CCc1c(C)nn(C)c1Cl)C(C)(C)C. The molecule has 1 rings (SSSR count). The molecule has 0 aliphatic carbocycles. The van der Waals surface area contributed by atoms with E-state index in [0.29, 0.717) is 6.04 Å². The van der Waals surface area contributed by atoms with Gasteiger partial charge >= 0.3 is 0 Å². The number of hydrogen-bond acceptors (Lipinski definition) is 2. The van der Waals surface area contributed by atoms with Gasteiger partial charge in [0.25, 0.3) is 0 Å². The molecule has 110 valence electrons. The zero-order valence-corrected chi connectivity index (χ0v) is 13.9. The second-order valence-electron chi connectivity index (χ2n) is 6.39. The molecule has 1 aromatic rings. The smallest absolute Gasteiger partial charge is 0.130 e. The first kappa shape index (κ1) is 16.5. The van der Waals surface area contributed by atoms with Crippen LogP contribution in [0.5, 0.6) is 0 Å². The largest absolute Gasteiger partial charge is 0.313 e. The van der Waals surface area contributed by atoms with Crippen LogP contribution in [0.25, 0.3) is 0 Å². The number of nitrogens with one attached hydrogen (secondary N) is 1. The molecular formula is C15H28ClN3. The van der Waals surface area contributed by atoms with Crippen molar-refractivity contribution in [1.29, 1.82) is 0 Å². The quantitative estimate of drug-likeness (QED) is 0.863. The van der Waals surface area contributed by atoms with Gasteiger partial charge in [-0.2, -0.15) is 5.10 Å². The van der Waals surface area contributed by atoms with E-state index in [-0.39, 0.29) is 5.41 Å². The van der Waals surface area contributed by atoms with Crippen LogP contribution >= 0.6 is 11.6 Å². The van der Waals surface area contributed by atoms with E-state index in [2.05, 4.69) is 38.1 Å². The summed E-state index contributed by atoms with van der Waals surface area (Å²) < 4.78 is 1.76. The third-order valence-corrected chi connectivity index (χ3v) is 4.11. The molecule has 1 unspecified atom stereocenters. The summed E-state index contributed by atoms with van der Waals surface area (Å²) in [6, 6.07) is 0.503. The lowest BCUT2D eigenvalue weighted by molar-refractivity contribution is 0.255. The Morgan fingerprint density at radius 2 is 2.00 bits per heavy atom. The molecule has 1 atom stereocenters. The van der Waals surface area contributed by atoms with Crippen LogP contribution in [-0.2, 0) is 13.5 Å². The molecule has 1 aromatic heterocycles. The van der Waals surface area contributed by atoms with Crippen molar-refractivity contribution in [3.8, 4) is 0 Å². The van der Waals surface area contributed by atoms with Crippen molar-refractivity contribution in [3.63, 3.8) is 0 Å². The second kappa shape index (κ2) is 6.76. The molecule has 0 spiro atoms. The third kappa shape index (κ3) is 4.50. The predicted molar refractivity (Wildman–Crippen MR) is 82.8 cm³/mol. The molecule has 0 radical (unpaired) electrons. The fraction of sp³-hybridized carbons (Fsp3) is 0.800. The molecule has 0 amide bonds. The highest BCUT2D eigenvalue weighted by atomic mass is 35.5. The zero-order valence-electron chi connectivity index (χ0n) is 13.2. The highest BCUT2D eigenvalue weighted by Gasteiger charge is 2.24. The normalized spacial score (nSPS) is 13.8. The van der Waals surface area contributed by atoms with Crippen molar-refractivity contribution < 1.29 is 0 Å². The Balaban J connectivity index is 2.70. The summed E-state index contributed by atoms with van der Waals surface area (Å²) in [5.74, 6) is 0. The Kier molecular flexibility index (Phi) is 5.87. The van der Waals surface area contributed by atoms with Gasteiger partial charge in [-0.05, 0) is 38.1 Å². The van der Waals surface area contributed by atoms with Gasteiger partial charge in [0, 0.05) is 18.7 Å². The molecule has 4 heteroatoms. The Morgan fingerprint density at radius 3 is 2.42 bits per heavy atom. The van der Waals surface area contributed by atoms with E-state index in [1.54, 1.807) is 4.68 Å². The van der Waals surface area contributed by atoms with Crippen LogP contribution < -0.4 is 5.32 Å². The Labute approximate surface area is 122 Å². The van der Waals surface area contributed by atoms with Gasteiger partial charge in [0.2, 0.25) is 0 Å². The van der Waals surface area contributed by atoms with E-state index >= 15 is 0 Å². The van der Waals surface area contributed by atoms with Crippen LogP contribution in [0, 0.1) is 12.3 Å². The molecule has 0 aliphatic heterocycles. The van der Waals surface area contributed by atoms with Crippen molar-refractivity contribution in [2.24, 2.45) is 12.5 Å². The molecule has 1 N–H and O–H groups in total. The first-order valence-corrected chi connectivity index (χ1v) is 7.56. The molecule has 19 heavy (non-hydrogen) atoms. The zero-order chi connectivity index (χ0) is 14.6. The minimum Gasteiger partial charge on any atom is -0.313 e. The van der Waals surface area contributed by atoms with Crippen molar-refractivity contribution >= 4 is 11.6 Å². The van der Waals surface area contributed by atoms with E-state index in [4.69, 9.17) is 11.6 Å². The summed E-state index contributed by atoms with van der Waals surface area (Å²) in [7, 11) is 1.90. The highest BCUT2D eigenvalue weighted by molar-refractivity contribution is 6.30. The van der Waals surface area contributed by atoms with Crippen LogP contribution in [0.2, 0.25) is 5.15 Å². The first-order valence-electron chi connectivity index (χ1n) is 7.18. The molecule has 0 fully saturated rings. The molecule has 3 nitrogen and oxygen atoms in total. The Hall–Kier alpha value is -0.540. The Morgan fingerprint density at radius 1 is 1.37 bits per heavy atom. The van der Waals surface area contributed by atoms with E-state index < -0.39 is 0 Å². The maximum atomic E-state index is 6.30. The number of nitrogens with zero attached hydrogens (tertiary/aromatic N) is 2. The predicted octanol–water partition coefficient (Wildman–Crippen LogP) is 3.73. The van der Waals surface area contributed by atoms with Crippen molar-refractivity contribution in [2.75, 3.05) is 6.54 Å². The van der Waals surface area contributed by atoms with Gasteiger partial charge in [-0.15, -0.1) is 0 Å². The summed E-state index contributed by atoms with van der Waals surface area (Å²) in [6.07, 6.45) is 3.24. The number of halogens is 1. The summed E-state index contributed by atoms with van der Waals surface area (Å²) in [5.41, 5.74) is 2.50. The van der Waals surface area contributed by atoms with Crippen LogP contribution in [-0.4, -0.2) is 22.4 Å². The van der Waals surface area contributed by atoms with Gasteiger partial charge in [0.1, 0.15) is 5.15 Å². The molecular weight excluding hydrogens is 258 g/mol. The molecule has 0 saturated carbocycles. The average molecular weight is 286 g/mol. The first-order chi connectivity index (χ1) is 8.77. The van der Waals surface area contributed by atoms with Crippen LogP contribution in [0.4, 0.5) is 0 Å². The summed E-state index contributed by atoms with van der Waals surface area (Å²) in [4.78, 5) is 0. The maximum absolute atomic E-state index is 6.30. The van der Waals surface area contributed by atoms with Gasteiger partial charge < -0.3 is 5.32 Å². The Bertz CT molecular complexity index is 404. The molecule has 1 heterocycles. The minimum absolute atomic E-state index is 0.262. The van der Waals surface area contributed by atoms with Crippen molar-refractivity contribution in [2.45, 2.75) is 59.9 Å². The molecule has 0 aromatic carbocycles. The van der Waals surface area contributed by atoms with Crippen molar-refractivity contribution in [1.82, 2.24) is 15.1 Å². The summed E-state index contributed by atoms with van der Waals surface area (Å²) in [6.45, 7) is 12.2.